The van der Waals surface area contributed by atoms with E-state index in [2.05, 4.69) is 24.5 Å². The predicted octanol–water partition coefficient (Wildman–Crippen LogP) is 4.04. The van der Waals surface area contributed by atoms with Crippen molar-refractivity contribution < 1.29 is 14.7 Å². The Kier molecular flexibility index (Phi) is 7.53. The summed E-state index contributed by atoms with van der Waals surface area (Å²) in [5.41, 5.74) is 0.0929. The average molecular weight is 421 g/mol. The number of carbonyl (C=O) groups excluding carboxylic acids is 2. The van der Waals surface area contributed by atoms with E-state index in [1.165, 1.54) is 6.42 Å². The SMILES string of the molecule is CC(C)NC(=O)[C@@H](C)[C@H]1CC[C@@]2(C)CC[C@H](NC(=O)C3CCCCC3)[C@@H](C)[C@@H]2[C@H]1O. The molecule has 3 aliphatic rings. The van der Waals surface area contributed by atoms with E-state index in [9.17, 15) is 14.7 Å². The summed E-state index contributed by atoms with van der Waals surface area (Å²) >= 11 is 0. The molecular formula is C25H44N2O3. The Hall–Kier alpha value is -1.10. The van der Waals surface area contributed by atoms with Gasteiger partial charge in [-0.3, -0.25) is 9.59 Å². The van der Waals surface area contributed by atoms with Gasteiger partial charge in [-0.25, -0.2) is 0 Å². The molecule has 3 saturated carbocycles. The number of nitrogens with one attached hydrogen (secondary N) is 2. The standard InChI is InChI=1S/C25H44N2O3/c1-15(2)26-23(29)16(3)19-11-13-25(5)14-12-20(17(4)21(25)22(19)28)27-24(30)18-9-7-6-8-10-18/h15-22,28H,6-14H2,1-5H3,(H,26,29)(H,27,30)/t16-,17+,19+,20-,21+,22-,25-/m0/s1. The Morgan fingerprint density at radius 3 is 2.27 bits per heavy atom. The lowest BCUT2D eigenvalue weighted by Gasteiger charge is -2.56. The number of carbonyl (C=O) groups is 2. The van der Waals surface area contributed by atoms with Crippen LogP contribution in [0.4, 0.5) is 0 Å². The fraction of sp³-hybridized carbons (Fsp3) is 0.920. The summed E-state index contributed by atoms with van der Waals surface area (Å²) in [6.45, 7) is 10.4. The zero-order valence-corrected chi connectivity index (χ0v) is 19.7. The number of rotatable bonds is 5. The minimum absolute atomic E-state index is 0.0166. The molecule has 3 rings (SSSR count). The summed E-state index contributed by atoms with van der Waals surface area (Å²) in [4.78, 5) is 25.5. The second-order valence-corrected chi connectivity index (χ2v) is 11.2. The summed E-state index contributed by atoms with van der Waals surface area (Å²) < 4.78 is 0. The van der Waals surface area contributed by atoms with Gasteiger partial charge >= 0.3 is 0 Å². The lowest BCUT2D eigenvalue weighted by Crippen LogP contribution is -2.59. The van der Waals surface area contributed by atoms with Crippen LogP contribution >= 0.6 is 0 Å². The van der Waals surface area contributed by atoms with Crippen molar-refractivity contribution in [2.24, 2.45) is 35.0 Å². The highest BCUT2D eigenvalue weighted by atomic mass is 16.3. The summed E-state index contributed by atoms with van der Waals surface area (Å²) in [5, 5.41) is 17.9. The molecule has 3 fully saturated rings. The zero-order chi connectivity index (χ0) is 22.1. The van der Waals surface area contributed by atoms with Crippen molar-refractivity contribution in [1.29, 1.82) is 0 Å². The van der Waals surface area contributed by atoms with Crippen LogP contribution in [0.2, 0.25) is 0 Å². The average Bonchev–Trinajstić information content (AvgIpc) is 2.70. The molecule has 0 heterocycles. The molecule has 30 heavy (non-hydrogen) atoms. The number of hydrogen-bond acceptors (Lipinski definition) is 3. The van der Waals surface area contributed by atoms with Crippen LogP contribution in [-0.2, 0) is 9.59 Å². The van der Waals surface area contributed by atoms with Gasteiger partial charge in [-0.15, -0.1) is 0 Å². The van der Waals surface area contributed by atoms with E-state index in [1.54, 1.807) is 0 Å². The van der Waals surface area contributed by atoms with Crippen LogP contribution in [-0.4, -0.2) is 35.1 Å². The number of aliphatic hydroxyl groups is 1. The van der Waals surface area contributed by atoms with Gasteiger partial charge in [0.1, 0.15) is 0 Å². The molecular weight excluding hydrogens is 376 g/mol. The van der Waals surface area contributed by atoms with Crippen molar-refractivity contribution in [2.45, 2.75) is 111 Å². The molecule has 5 heteroatoms. The summed E-state index contributed by atoms with van der Waals surface area (Å²) in [7, 11) is 0. The van der Waals surface area contributed by atoms with E-state index < -0.39 is 6.10 Å². The molecule has 0 bridgehead atoms. The molecule has 0 radical (unpaired) electrons. The molecule has 7 atom stereocenters. The van der Waals surface area contributed by atoms with Gasteiger partial charge < -0.3 is 15.7 Å². The molecule has 0 aromatic heterocycles. The third-order valence-corrected chi connectivity index (χ3v) is 8.68. The fourth-order valence-corrected chi connectivity index (χ4v) is 6.77. The van der Waals surface area contributed by atoms with Crippen LogP contribution in [0.1, 0.15) is 92.4 Å². The molecule has 2 amide bonds. The Morgan fingerprint density at radius 2 is 1.63 bits per heavy atom. The number of amides is 2. The lowest BCUT2D eigenvalue weighted by molar-refractivity contribution is -0.144. The first-order valence-corrected chi connectivity index (χ1v) is 12.4. The molecule has 0 unspecified atom stereocenters. The normalized spacial score (nSPS) is 38.6. The summed E-state index contributed by atoms with van der Waals surface area (Å²) in [6, 6.07) is 0.240. The van der Waals surface area contributed by atoms with Crippen LogP contribution in [0.3, 0.4) is 0 Å². The second-order valence-electron chi connectivity index (χ2n) is 11.2. The van der Waals surface area contributed by atoms with Gasteiger partial charge in [-0.05, 0) is 75.5 Å². The molecule has 0 spiro atoms. The topological polar surface area (TPSA) is 78.4 Å². The first-order valence-electron chi connectivity index (χ1n) is 12.4. The molecule has 3 aliphatic carbocycles. The van der Waals surface area contributed by atoms with E-state index in [0.29, 0.717) is 0 Å². The minimum Gasteiger partial charge on any atom is -0.392 e. The molecule has 0 saturated heterocycles. The van der Waals surface area contributed by atoms with Gasteiger partial charge in [0.15, 0.2) is 0 Å². The number of fused-ring (bicyclic) bond motifs is 1. The molecule has 3 N–H and O–H groups in total. The third kappa shape index (κ3) is 4.87. The highest BCUT2D eigenvalue weighted by Crippen LogP contribution is 2.55. The largest absolute Gasteiger partial charge is 0.392 e. The molecule has 0 aliphatic heterocycles. The second kappa shape index (κ2) is 9.58. The van der Waals surface area contributed by atoms with Crippen LogP contribution < -0.4 is 10.6 Å². The molecule has 0 aromatic carbocycles. The molecule has 172 valence electrons. The van der Waals surface area contributed by atoms with E-state index in [-0.39, 0.29) is 58.9 Å². The van der Waals surface area contributed by atoms with Gasteiger partial charge in [0.25, 0.3) is 0 Å². The van der Waals surface area contributed by atoms with Gasteiger partial charge in [0, 0.05) is 23.9 Å². The fourth-order valence-electron chi connectivity index (χ4n) is 6.77. The van der Waals surface area contributed by atoms with Crippen molar-refractivity contribution in [3.8, 4) is 0 Å². The Labute approximate surface area is 183 Å². The first-order chi connectivity index (χ1) is 14.1. The number of aliphatic hydroxyl groups excluding tert-OH is 1. The quantitative estimate of drug-likeness (QED) is 0.628. The van der Waals surface area contributed by atoms with Crippen molar-refractivity contribution >= 4 is 11.8 Å². The van der Waals surface area contributed by atoms with Crippen molar-refractivity contribution in [1.82, 2.24) is 10.6 Å². The van der Waals surface area contributed by atoms with Crippen LogP contribution in [0.5, 0.6) is 0 Å². The molecule has 0 aromatic rings. The van der Waals surface area contributed by atoms with Gasteiger partial charge in [0.05, 0.1) is 6.10 Å². The maximum atomic E-state index is 12.9. The molecule has 5 nitrogen and oxygen atoms in total. The van der Waals surface area contributed by atoms with Gasteiger partial charge in [0.2, 0.25) is 11.8 Å². The third-order valence-electron chi connectivity index (χ3n) is 8.68. The van der Waals surface area contributed by atoms with E-state index in [1.807, 2.05) is 20.8 Å². The summed E-state index contributed by atoms with van der Waals surface area (Å²) in [6.07, 6.45) is 9.08. The van der Waals surface area contributed by atoms with E-state index in [0.717, 1.165) is 51.4 Å². The highest BCUT2D eigenvalue weighted by Gasteiger charge is 2.54. The van der Waals surface area contributed by atoms with E-state index >= 15 is 0 Å². The Bertz CT molecular complexity index is 616. The van der Waals surface area contributed by atoms with Crippen LogP contribution in [0, 0.1) is 35.0 Å². The van der Waals surface area contributed by atoms with Gasteiger partial charge in [-0.1, -0.05) is 40.0 Å². The van der Waals surface area contributed by atoms with Gasteiger partial charge in [-0.2, -0.15) is 0 Å². The van der Waals surface area contributed by atoms with Crippen molar-refractivity contribution in [3.05, 3.63) is 0 Å². The Morgan fingerprint density at radius 1 is 1.00 bits per heavy atom. The Balaban J connectivity index is 1.69. The first kappa shape index (κ1) is 23.6. The van der Waals surface area contributed by atoms with Crippen molar-refractivity contribution in [2.75, 3.05) is 0 Å². The maximum Gasteiger partial charge on any atom is 0.223 e. The number of hydrogen-bond donors (Lipinski definition) is 3. The smallest absolute Gasteiger partial charge is 0.223 e. The van der Waals surface area contributed by atoms with Crippen LogP contribution in [0.15, 0.2) is 0 Å². The maximum absolute atomic E-state index is 12.9. The minimum atomic E-state index is -0.499. The zero-order valence-electron chi connectivity index (χ0n) is 19.7. The lowest BCUT2D eigenvalue weighted by atomic mass is 9.51. The van der Waals surface area contributed by atoms with Crippen LogP contribution in [0.25, 0.3) is 0 Å². The highest BCUT2D eigenvalue weighted by molar-refractivity contribution is 5.79. The monoisotopic (exact) mass is 420 g/mol. The predicted molar refractivity (Wildman–Crippen MR) is 120 cm³/mol. The van der Waals surface area contributed by atoms with E-state index in [4.69, 9.17) is 0 Å². The summed E-state index contributed by atoms with van der Waals surface area (Å²) in [5.74, 6) is 0.562. The van der Waals surface area contributed by atoms with Crippen molar-refractivity contribution in [3.63, 3.8) is 0 Å².